The van der Waals surface area contributed by atoms with Gasteiger partial charge in [0.05, 0.1) is 11.5 Å². The maximum Gasteiger partial charge on any atom is 0.258 e. The maximum atomic E-state index is 13.4. The minimum Gasteiger partial charge on any atom is -0.440 e. The van der Waals surface area contributed by atoms with Gasteiger partial charge in [-0.15, -0.1) is 0 Å². The fraction of sp³-hybridized carbons (Fsp3) is 0.300. The number of rotatable bonds is 4. The van der Waals surface area contributed by atoms with Gasteiger partial charge in [-0.2, -0.15) is 5.26 Å². The molecule has 1 aromatic carbocycles. The molecule has 0 spiro atoms. The van der Waals surface area contributed by atoms with E-state index < -0.39 is 5.92 Å². The van der Waals surface area contributed by atoms with E-state index in [-0.39, 0.29) is 17.0 Å². The number of nitrogens with zero attached hydrogens (tertiary/aromatic N) is 3. The molecule has 2 heterocycles. The Labute approximate surface area is 173 Å². The van der Waals surface area contributed by atoms with Gasteiger partial charge in [0.1, 0.15) is 17.4 Å². The van der Waals surface area contributed by atoms with Crippen molar-refractivity contribution in [2.24, 2.45) is 5.73 Å². The molecule has 2 aromatic rings. The normalized spacial score (nSPS) is 16.0. The summed E-state index contributed by atoms with van der Waals surface area (Å²) in [5.74, 6) is -0.413. The number of hydrogen-bond acceptors (Lipinski definition) is 5. The molecule has 0 saturated heterocycles. The maximum absolute atomic E-state index is 13.4. The predicted octanol–water partition coefficient (Wildman–Crippen LogP) is 3.24. The molecule has 1 atom stereocenters. The molecule has 0 saturated carbocycles. The Kier molecular flexibility index (Phi) is 5.71. The van der Waals surface area contributed by atoms with Gasteiger partial charge in [0.15, 0.2) is 0 Å². The van der Waals surface area contributed by atoms with Crippen LogP contribution in [0.2, 0.25) is 10.0 Å². The average molecular weight is 419 g/mol. The second-order valence-electron chi connectivity index (χ2n) is 6.91. The Morgan fingerprint density at radius 1 is 1.32 bits per heavy atom. The first-order valence-electron chi connectivity index (χ1n) is 8.66. The summed E-state index contributed by atoms with van der Waals surface area (Å²) >= 11 is 12.4. The molecule has 0 fully saturated rings. The number of benzene rings is 1. The lowest BCUT2D eigenvalue weighted by Gasteiger charge is -2.28. The summed E-state index contributed by atoms with van der Waals surface area (Å²) in [7, 11) is 3.88. The van der Waals surface area contributed by atoms with Crippen LogP contribution in [0.5, 0.6) is 5.75 Å². The van der Waals surface area contributed by atoms with Crippen LogP contribution in [0, 0.1) is 18.3 Å². The molecule has 0 aliphatic carbocycles. The number of ether oxygens (including phenoxy) is 1. The number of aryl methyl sites for hydroxylation is 1. The number of pyridine rings is 1. The molecule has 1 aliphatic heterocycles. The van der Waals surface area contributed by atoms with Gasteiger partial charge in [-0.3, -0.25) is 4.79 Å². The van der Waals surface area contributed by atoms with Crippen LogP contribution in [0.3, 0.4) is 0 Å². The first-order valence-corrected chi connectivity index (χ1v) is 9.41. The third-order valence-corrected chi connectivity index (χ3v) is 5.30. The van der Waals surface area contributed by atoms with Crippen molar-refractivity contribution in [2.75, 3.05) is 20.6 Å². The Bertz CT molecular complexity index is 1070. The number of likely N-dealkylation sites (N-methyl/N-ethyl adjacent to an activating group) is 1. The van der Waals surface area contributed by atoms with E-state index >= 15 is 0 Å². The van der Waals surface area contributed by atoms with Crippen LogP contribution in [-0.4, -0.2) is 30.1 Å². The summed E-state index contributed by atoms with van der Waals surface area (Å²) < 4.78 is 7.31. The standard InChI is InChI=1S/C20H20Cl2N4O2/c1-11-8-16-18(20(27)26(11)7-6-25(2)3)17(14(10-23)19(24)28-16)13-5-4-12(21)9-15(13)22/h4-5,8-9,17H,6-7,24H2,1-3H3. The van der Waals surface area contributed by atoms with Crippen molar-refractivity contribution < 1.29 is 4.74 Å². The second-order valence-corrected chi connectivity index (χ2v) is 7.76. The third kappa shape index (κ3) is 3.61. The molecule has 1 aromatic heterocycles. The Morgan fingerprint density at radius 2 is 2.04 bits per heavy atom. The molecule has 1 aliphatic rings. The topological polar surface area (TPSA) is 84.3 Å². The lowest BCUT2D eigenvalue weighted by molar-refractivity contribution is 0.369. The minimum atomic E-state index is -0.725. The summed E-state index contributed by atoms with van der Waals surface area (Å²) in [5, 5.41) is 10.5. The molecular weight excluding hydrogens is 399 g/mol. The lowest BCUT2D eigenvalue weighted by atomic mass is 9.84. The molecule has 6 nitrogen and oxygen atoms in total. The number of nitrogens with two attached hydrogens (primary N) is 1. The highest BCUT2D eigenvalue weighted by Crippen LogP contribution is 2.43. The summed E-state index contributed by atoms with van der Waals surface area (Å²) in [4.78, 5) is 15.4. The molecular formula is C20H20Cl2N4O2. The van der Waals surface area contributed by atoms with Crippen molar-refractivity contribution in [3.05, 3.63) is 72.9 Å². The molecule has 0 bridgehead atoms. The molecule has 1 unspecified atom stereocenters. The van der Waals surface area contributed by atoms with E-state index in [1.165, 1.54) is 0 Å². The summed E-state index contributed by atoms with van der Waals surface area (Å²) in [6, 6.07) is 8.80. The van der Waals surface area contributed by atoms with Crippen LogP contribution in [-0.2, 0) is 6.54 Å². The Hall–Kier alpha value is -2.46. The van der Waals surface area contributed by atoms with Gasteiger partial charge in [-0.1, -0.05) is 29.3 Å². The third-order valence-electron chi connectivity index (χ3n) is 4.73. The van der Waals surface area contributed by atoms with Crippen LogP contribution in [0.15, 0.2) is 40.5 Å². The van der Waals surface area contributed by atoms with Crippen molar-refractivity contribution in [3.8, 4) is 11.8 Å². The number of allylic oxidation sites excluding steroid dienone is 1. The van der Waals surface area contributed by atoms with E-state index in [1.807, 2.05) is 25.9 Å². The van der Waals surface area contributed by atoms with Gasteiger partial charge in [0.2, 0.25) is 5.88 Å². The second kappa shape index (κ2) is 7.88. The van der Waals surface area contributed by atoms with Crippen LogP contribution in [0.25, 0.3) is 0 Å². The van der Waals surface area contributed by atoms with Gasteiger partial charge in [0, 0.05) is 34.9 Å². The van der Waals surface area contributed by atoms with Crippen LogP contribution >= 0.6 is 23.2 Å². The molecule has 146 valence electrons. The summed E-state index contributed by atoms with van der Waals surface area (Å²) in [5.41, 5.74) is 7.60. The first kappa shape index (κ1) is 20.3. The van der Waals surface area contributed by atoms with Crippen molar-refractivity contribution in [1.29, 1.82) is 5.26 Å². The molecule has 0 amide bonds. The predicted molar refractivity (Wildman–Crippen MR) is 110 cm³/mol. The zero-order valence-electron chi connectivity index (χ0n) is 15.8. The average Bonchev–Trinajstić information content (AvgIpc) is 2.60. The zero-order valence-corrected chi connectivity index (χ0v) is 17.3. The molecule has 8 heteroatoms. The molecule has 0 radical (unpaired) electrons. The monoisotopic (exact) mass is 418 g/mol. The quantitative estimate of drug-likeness (QED) is 0.823. The lowest BCUT2D eigenvalue weighted by Crippen LogP contribution is -2.34. The SMILES string of the molecule is Cc1cc2c(c(=O)n1CCN(C)C)C(c1ccc(Cl)cc1Cl)C(C#N)=C(N)O2. The number of nitriles is 1. The fourth-order valence-corrected chi connectivity index (χ4v) is 3.83. The van der Waals surface area contributed by atoms with Gasteiger partial charge in [0.25, 0.3) is 5.56 Å². The van der Waals surface area contributed by atoms with Gasteiger partial charge < -0.3 is 19.9 Å². The van der Waals surface area contributed by atoms with Crippen molar-refractivity contribution in [2.45, 2.75) is 19.4 Å². The van der Waals surface area contributed by atoms with Crippen molar-refractivity contribution >= 4 is 23.2 Å². The summed E-state index contributed by atoms with van der Waals surface area (Å²) in [6.07, 6.45) is 0. The number of fused-ring (bicyclic) bond motifs is 1. The smallest absolute Gasteiger partial charge is 0.258 e. The van der Waals surface area contributed by atoms with E-state index in [2.05, 4.69) is 6.07 Å². The van der Waals surface area contributed by atoms with Crippen LogP contribution < -0.4 is 16.0 Å². The fourth-order valence-electron chi connectivity index (χ4n) is 3.31. The highest BCUT2D eigenvalue weighted by atomic mass is 35.5. The first-order chi connectivity index (χ1) is 13.2. The van der Waals surface area contributed by atoms with E-state index in [9.17, 15) is 10.1 Å². The Balaban J connectivity index is 2.27. The van der Waals surface area contributed by atoms with Gasteiger partial charge in [-0.05, 0) is 38.7 Å². The largest absolute Gasteiger partial charge is 0.440 e. The van der Waals surface area contributed by atoms with Gasteiger partial charge in [-0.25, -0.2) is 0 Å². The van der Waals surface area contributed by atoms with Gasteiger partial charge >= 0.3 is 0 Å². The van der Waals surface area contributed by atoms with Crippen LogP contribution in [0.1, 0.15) is 22.7 Å². The van der Waals surface area contributed by atoms with E-state index in [4.69, 9.17) is 33.7 Å². The molecule has 28 heavy (non-hydrogen) atoms. The van der Waals surface area contributed by atoms with E-state index in [0.717, 1.165) is 5.69 Å². The van der Waals surface area contributed by atoms with Crippen molar-refractivity contribution in [1.82, 2.24) is 9.47 Å². The number of halogens is 2. The van der Waals surface area contributed by atoms with E-state index in [0.29, 0.717) is 40.0 Å². The molecule has 2 N–H and O–H groups in total. The number of hydrogen-bond donors (Lipinski definition) is 1. The van der Waals surface area contributed by atoms with Crippen molar-refractivity contribution in [3.63, 3.8) is 0 Å². The number of aromatic nitrogens is 1. The minimum absolute atomic E-state index is 0.0316. The highest BCUT2D eigenvalue weighted by Gasteiger charge is 2.35. The highest BCUT2D eigenvalue weighted by molar-refractivity contribution is 6.35. The van der Waals surface area contributed by atoms with Crippen LogP contribution in [0.4, 0.5) is 0 Å². The molecule has 3 rings (SSSR count). The summed E-state index contributed by atoms with van der Waals surface area (Å²) in [6.45, 7) is 3.04. The Morgan fingerprint density at radius 3 is 2.64 bits per heavy atom. The van der Waals surface area contributed by atoms with E-state index in [1.54, 1.807) is 28.8 Å². The zero-order chi connectivity index (χ0) is 20.6.